The summed E-state index contributed by atoms with van der Waals surface area (Å²) in [5.74, 6) is 0.243. The predicted octanol–water partition coefficient (Wildman–Crippen LogP) is 2.76. The van der Waals surface area contributed by atoms with Gasteiger partial charge in [0.05, 0.1) is 24.4 Å². The first-order chi connectivity index (χ1) is 10.7. The molecule has 0 saturated carbocycles. The highest BCUT2D eigenvalue weighted by Crippen LogP contribution is 2.38. The van der Waals surface area contributed by atoms with E-state index in [2.05, 4.69) is 12.1 Å². The van der Waals surface area contributed by atoms with Crippen LogP contribution in [0.25, 0.3) is 10.9 Å². The summed E-state index contributed by atoms with van der Waals surface area (Å²) in [7, 11) is 0. The Hall–Kier alpha value is -1.94. The maximum Gasteiger partial charge on any atom is 0.222 e. The van der Waals surface area contributed by atoms with Gasteiger partial charge in [0.15, 0.2) is 0 Å². The number of hydrogen-bond acceptors (Lipinski definition) is 3. The summed E-state index contributed by atoms with van der Waals surface area (Å²) in [5, 5.41) is 1.14. The molecule has 2 aromatic rings. The van der Waals surface area contributed by atoms with Crippen molar-refractivity contribution in [3.63, 3.8) is 0 Å². The molecule has 0 unspecified atom stereocenters. The molecular formula is C18H20N2O2. The van der Waals surface area contributed by atoms with Crippen molar-refractivity contribution >= 4 is 16.8 Å². The number of hydrogen-bond donors (Lipinski definition) is 0. The number of amides is 1. The average molecular weight is 296 g/mol. The SMILES string of the molecule is O=C1CC[C@@]2(CCOC2)CN1Cc1ccc2ccccc2n1. The van der Waals surface area contributed by atoms with Crippen LogP contribution in [0.1, 0.15) is 25.0 Å². The minimum atomic E-state index is 0.185. The second-order valence-electron chi connectivity index (χ2n) is 6.55. The lowest BCUT2D eigenvalue weighted by molar-refractivity contribution is -0.138. The Balaban J connectivity index is 1.56. The minimum Gasteiger partial charge on any atom is -0.381 e. The summed E-state index contributed by atoms with van der Waals surface area (Å²) in [5.41, 5.74) is 2.14. The van der Waals surface area contributed by atoms with Crippen LogP contribution in [0.2, 0.25) is 0 Å². The zero-order valence-corrected chi connectivity index (χ0v) is 12.6. The molecule has 1 amide bonds. The van der Waals surface area contributed by atoms with E-state index in [1.807, 2.05) is 29.2 Å². The van der Waals surface area contributed by atoms with E-state index in [4.69, 9.17) is 9.72 Å². The Kier molecular flexibility index (Phi) is 3.34. The van der Waals surface area contributed by atoms with Gasteiger partial charge in [-0.25, -0.2) is 0 Å². The lowest BCUT2D eigenvalue weighted by Crippen LogP contribution is -2.46. The molecule has 2 aliphatic heterocycles. The Morgan fingerprint density at radius 2 is 2.09 bits per heavy atom. The summed E-state index contributed by atoms with van der Waals surface area (Å²) in [4.78, 5) is 18.9. The Morgan fingerprint density at radius 1 is 1.18 bits per heavy atom. The maximum atomic E-state index is 12.3. The number of nitrogens with zero attached hydrogens (tertiary/aromatic N) is 2. The van der Waals surface area contributed by atoms with Gasteiger partial charge in [-0.2, -0.15) is 0 Å². The molecule has 2 aliphatic rings. The van der Waals surface area contributed by atoms with Gasteiger partial charge in [0, 0.05) is 30.4 Å². The van der Waals surface area contributed by atoms with E-state index < -0.39 is 0 Å². The van der Waals surface area contributed by atoms with E-state index in [9.17, 15) is 4.79 Å². The Labute approximate surface area is 130 Å². The summed E-state index contributed by atoms with van der Waals surface area (Å²) < 4.78 is 5.58. The maximum absolute atomic E-state index is 12.3. The molecule has 1 atom stereocenters. The number of fused-ring (bicyclic) bond motifs is 1. The molecule has 22 heavy (non-hydrogen) atoms. The predicted molar refractivity (Wildman–Crippen MR) is 84.3 cm³/mol. The Morgan fingerprint density at radius 3 is 2.95 bits per heavy atom. The van der Waals surface area contributed by atoms with Crippen LogP contribution in [0.4, 0.5) is 0 Å². The number of carbonyl (C=O) groups is 1. The van der Waals surface area contributed by atoms with Crippen LogP contribution < -0.4 is 0 Å². The van der Waals surface area contributed by atoms with Gasteiger partial charge in [-0.3, -0.25) is 9.78 Å². The van der Waals surface area contributed by atoms with Gasteiger partial charge in [0.25, 0.3) is 0 Å². The van der Waals surface area contributed by atoms with Gasteiger partial charge in [0.1, 0.15) is 0 Å². The molecular weight excluding hydrogens is 276 g/mol. The third kappa shape index (κ3) is 2.48. The quantitative estimate of drug-likeness (QED) is 0.856. The molecule has 0 radical (unpaired) electrons. The van der Waals surface area contributed by atoms with Gasteiger partial charge in [-0.1, -0.05) is 24.3 Å². The first-order valence-corrected chi connectivity index (χ1v) is 7.94. The van der Waals surface area contributed by atoms with Crippen molar-refractivity contribution < 1.29 is 9.53 Å². The molecule has 1 spiro atoms. The largest absolute Gasteiger partial charge is 0.381 e. The monoisotopic (exact) mass is 296 g/mol. The van der Waals surface area contributed by atoms with Gasteiger partial charge in [-0.05, 0) is 25.0 Å². The van der Waals surface area contributed by atoms with Crippen LogP contribution in [0, 0.1) is 5.41 Å². The van der Waals surface area contributed by atoms with Gasteiger partial charge < -0.3 is 9.64 Å². The minimum absolute atomic E-state index is 0.185. The van der Waals surface area contributed by atoms with Crippen molar-refractivity contribution in [3.8, 4) is 0 Å². The van der Waals surface area contributed by atoms with E-state index in [0.717, 1.165) is 49.2 Å². The fraction of sp³-hybridized carbons (Fsp3) is 0.444. The number of piperidine rings is 1. The summed E-state index contributed by atoms with van der Waals surface area (Å²) >= 11 is 0. The molecule has 4 nitrogen and oxygen atoms in total. The fourth-order valence-corrected chi connectivity index (χ4v) is 3.61. The van der Waals surface area contributed by atoms with E-state index >= 15 is 0 Å². The third-order valence-electron chi connectivity index (χ3n) is 4.94. The van der Waals surface area contributed by atoms with E-state index in [1.54, 1.807) is 0 Å². The van der Waals surface area contributed by atoms with Crippen LogP contribution in [0.5, 0.6) is 0 Å². The van der Waals surface area contributed by atoms with Crippen LogP contribution in [0.15, 0.2) is 36.4 Å². The second-order valence-corrected chi connectivity index (χ2v) is 6.55. The molecule has 4 rings (SSSR count). The molecule has 2 fully saturated rings. The normalized spacial score (nSPS) is 25.3. The molecule has 0 aliphatic carbocycles. The van der Waals surface area contributed by atoms with Crippen LogP contribution >= 0.6 is 0 Å². The van der Waals surface area contributed by atoms with Crippen LogP contribution in [0.3, 0.4) is 0 Å². The number of ether oxygens (including phenoxy) is 1. The van der Waals surface area contributed by atoms with Crippen molar-refractivity contribution in [2.45, 2.75) is 25.8 Å². The van der Waals surface area contributed by atoms with E-state index in [-0.39, 0.29) is 11.3 Å². The fourth-order valence-electron chi connectivity index (χ4n) is 3.61. The summed E-state index contributed by atoms with van der Waals surface area (Å²) in [6, 6.07) is 12.2. The molecule has 1 aromatic heterocycles. The number of para-hydroxylation sites is 1. The van der Waals surface area contributed by atoms with Crippen molar-refractivity contribution in [2.75, 3.05) is 19.8 Å². The van der Waals surface area contributed by atoms with Gasteiger partial charge in [-0.15, -0.1) is 0 Å². The molecule has 0 bridgehead atoms. The lowest BCUT2D eigenvalue weighted by Gasteiger charge is -2.39. The number of carbonyl (C=O) groups excluding carboxylic acids is 1. The Bertz CT molecular complexity index is 707. The van der Waals surface area contributed by atoms with Crippen molar-refractivity contribution in [1.82, 2.24) is 9.88 Å². The van der Waals surface area contributed by atoms with Crippen molar-refractivity contribution in [2.24, 2.45) is 5.41 Å². The number of rotatable bonds is 2. The zero-order chi connectivity index (χ0) is 15.0. The first kappa shape index (κ1) is 13.7. The molecule has 1 aromatic carbocycles. The van der Waals surface area contributed by atoms with Crippen LogP contribution in [-0.4, -0.2) is 35.5 Å². The first-order valence-electron chi connectivity index (χ1n) is 7.94. The summed E-state index contributed by atoms with van der Waals surface area (Å²) in [6.07, 6.45) is 2.67. The zero-order valence-electron chi connectivity index (χ0n) is 12.6. The molecule has 2 saturated heterocycles. The highest BCUT2D eigenvalue weighted by atomic mass is 16.5. The smallest absolute Gasteiger partial charge is 0.222 e. The van der Waals surface area contributed by atoms with Crippen molar-refractivity contribution in [3.05, 3.63) is 42.1 Å². The number of pyridine rings is 1. The van der Waals surface area contributed by atoms with Crippen LogP contribution in [-0.2, 0) is 16.1 Å². The summed E-state index contributed by atoms with van der Waals surface area (Å²) in [6.45, 7) is 3.03. The third-order valence-corrected chi connectivity index (χ3v) is 4.94. The highest BCUT2D eigenvalue weighted by Gasteiger charge is 2.41. The second kappa shape index (κ2) is 5.36. The average Bonchev–Trinajstić information content (AvgIpc) is 2.99. The standard InChI is InChI=1S/C18H20N2O2/c21-17-7-8-18(9-10-22-13-18)12-20(17)11-15-6-5-14-3-1-2-4-16(14)19-15/h1-6H,7-13H2/t18-/m1/s1. The van der Waals surface area contributed by atoms with Gasteiger partial charge >= 0.3 is 0 Å². The number of likely N-dealkylation sites (tertiary alicyclic amines) is 1. The molecule has 3 heterocycles. The number of aromatic nitrogens is 1. The van der Waals surface area contributed by atoms with E-state index in [0.29, 0.717) is 13.0 Å². The highest BCUT2D eigenvalue weighted by molar-refractivity contribution is 5.79. The van der Waals surface area contributed by atoms with Gasteiger partial charge in [0.2, 0.25) is 5.91 Å². The van der Waals surface area contributed by atoms with E-state index in [1.165, 1.54) is 0 Å². The topological polar surface area (TPSA) is 42.4 Å². The molecule has 4 heteroatoms. The molecule has 114 valence electrons. The lowest BCUT2D eigenvalue weighted by atomic mass is 9.79. The van der Waals surface area contributed by atoms with Crippen molar-refractivity contribution in [1.29, 1.82) is 0 Å². The molecule has 0 N–H and O–H groups in total. The number of benzene rings is 1.